The Bertz CT molecular complexity index is 550. The normalized spacial score (nSPS) is 14.3. The number of nitrogens with zero attached hydrogens (tertiary/aromatic N) is 2. The van der Waals surface area contributed by atoms with E-state index in [1.54, 1.807) is 4.88 Å². The average molecular weight is 273 g/mol. The lowest BCUT2D eigenvalue weighted by molar-refractivity contribution is 0.742. The van der Waals surface area contributed by atoms with Crippen molar-refractivity contribution in [1.82, 2.24) is 4.98 Å². The number of hydrogen-bond donors (Lipinski definition) is 1. The van der Waals surface area contributed by atoms with Crippen molar-refractivity contribution in [2.45, 2.75) is 26.3 Å². The minimum Gasteiger partial charge on any atom is -0.384 e. The van der Waals surface area contributed by atoms with E-state index in [2.05, 4.69) is 39.6 Å². The van der Waals surface area contributed by atoms with Gasteiger partial charge in [-0.2, -0.15) is 0 Å². The van der Waals surface area contributed by atoms with Crippen LogP contribution in [0.1, 0.15) is 23.8 Å². The molecule has 0 saturated carbocycles. The maximum atomic E-state index is 4.35. The van der Waals surface area contributed by atoms with Crippen LogP contribution in [0.3, 0.4) is 0 Å². The Morgan fingerprint density at radius 3 is 3.26 bits per heavy atom. The molecule has 3 heterocycles. The zero-order valence-corrected chi connectivity index (χ0v) is 12.0. The average Bonchev–Trinajstić information content (AvgIpc) is 2.92. The van der Waals surface area contributed by atoms with Gasteiger partial charge in [0.25, 0.3) is 0 Å². The van der Waals surface area contributed by atoms with Crippen LogP contribution in [0.2, 0.25) is 0 Å². The van der Waals surface area contributed by atoms with Crippen LogP contribution < -0.4 is 10.2 Å². The maximum absolute atomic E-state index is 4.35. The Labute approximate surface area is 118 Å². The number of anilines is 2. The second-order valence-electron chi connectivity index (χ2n) is 4.90. The summed E-state index contributed by atoms with van der Waals surface area (Å²) in [7, 11) is 0. The molecule has 0 radical (unpaired) electrons. The van der Waals surface area contributed by atoms with Gasteiger partial charge in [-0.3, -0.25) is 4.98 Å². The number of rotatable bonds is 4. The lowest BCUT2D eigenvalue weighted by Crippen LogP contribution is -2.29. The van der Waals surface area contributed by atoms with Crippen molar-refractivity contribution < 1.29 is 0 Å². The summed E-state index contributed by atoms with van der Waals surface area (Å²) in [6, 6.07) is 4.46. The quantitative estimate of drug-likeness (QED) is 0.923. The van der Waals surface area contributed by atoms with Gasteiger partial charge in [-0.25, -0.2) is 0 Å². The van der Waals surface area contributed by atoms with Crippen LogP contribution in [-0.4, -0.2) is 18.1 Å². The zero-order chi connectivity index (χ0) is 13.1. The van der Waals surface area contributed by atoms with E-state index in [1.807, 2.05) is 23.7 Å². The smallest absolute Gasteiger partial charge is 0.0576 e. The van der Waals surface area contributed by atoms with Crippen LogP contribution in [0, 0.1) is 0 Å². The summed E-state index contributed by atoms with van der Waals surface area (Å²) >= 11 is 1.88. The van der Waals surface area contributed by atoms with Crippen molar-refractivity contribution in [3.05, 3.63) is 40.3 Å². The van der Waals surface area contributed by atoms with Gasteiger partial charge in [0.05, 0.1) is 23.8 Å². The molecule has 1 aliphatic heterocycles. The fourth-order valence-electron chi connectivity index (χ4n) is 2.44. The summed E-state index contributed by atoms with van der Waals surface area (Å²) in [6.45, 7) is 5.27. The molecule has 0 fully saturated rings. The highest BCUT2D eigenvalue weighted by Crippen LogP contribution is 2.28. The topological polar surface area (TPSA) is 28.2 Å². The van der Waals surface area contributed by atoms with Crippen LogP contribution in [0.4, 0.5) is 11.4 Å². The van der Waals surface area contributed by atoms with Gasteiger partial charge in [0, 0.05) is 24.5 Å². The van der Waals surface area contributed by atoms with Crippen LogP contribution in [0.15, 0.2) is 29.9 Å². The van der Waals surface area contributed by atoms with E-state index in [1.165, 1.54) is 11.3 Å². The fraction of sp³-hybridized carbons (Fsp3) is 0.400. The summed E-state index contributed by atoms with van der Waals surface area (Å²) in [5.74, 6) is 0. The Hall–Kier alpha value is -1.55. The first-order chi connectivity index (χ1) is 9.36. The maximum Gasteiger partial charge on any atom is 0.0576 e. The number of pyridine rings is 1. The van der Waals surface area contributed by atoms with Crippen molar-refractivity contribution in [2.24, 2.45) is 0 Å². The van der Waals surface area contributed by atoms with Crippen molar-refractivity contribution >= 4 is 22.7 Å². The van der Waals surface area contributed by atoms with Crippen molar-refractivity contribution in [3.63, 3.8) is 0 Å². The number of aromatic nitrogens is 1. The third-order valence-corrected chi connectivity index (χ3v) is 4.50. The van der Waals surface area contributed by atoms with E-state index in [9.17, 15) is 0 Å². The Kier molecular flexibility index (Phi) is 3.69. The van der Waals surface area contributed by atoms with E-state index in [0.29, 0.717) is 0 Å². The van der Waals surface area contributed by atoms with Gasteiger partial charge in [0.1, 0.15) is 0 Å². The highest BCUT2D eigenvalue weighted by atomic mass is 32.1. The predicted molar refractivity (Wildman–Crippen MR) is 82.1 cm³/mol. The molecule has 0 aromatic carbocycles. The minimum absolute atomic E-state index is 1.000. The molecule has 0 saturated heterocycles. The molecule has 0 aliphatic carbocycles. The summed E-state index contributed by atoms with van der Waals surface area (Å²) < 4.78 is 0. The fourth-order valence-corrected chi connectivity index (χ4v) is 3.33. The molecular weight excluding hydrogens is 254 g/mol. The van der Waals surface area contributed by atoms with Gasteiger partial charge in [0.15, 0.2) is 0 Å². The molecule has 0 unspecified atom stereocenters. The second kappa shape index (κ2) is 5.61. The van der Waals surface area contributed by atoms with Crippen molar-refractivity contribution in [2.75, 3.05) is 23.3 Å². The molecule has 0 spiro atoms. The van der Waals surface area contributed by atoms with E-state index in [-0.39, 0.29) is 0 Å². The standard InChI is InChI=1S/C15H19N3S/c1-2-5-17-13-8-14(10-16-9-13)18-6-3-15-12(11-18)4-7-19-15/h4,7-10,17H,2-3,5-6,11H2,1H3. The van der Waals surface area contributed by atoms with E-state index < -0.39 is 0 Å². The Morgan fingerprint density at radius 1 is 1.42 bits per heavy atom. The highest BCUT2D eigenvalue weighted by molar-refractivity contribution is 7.10. The van der Waals surface area contributed by atoms with Crippen LogP contribution in [0.5, 0.6) is 0 Å². The number of nitrogens with one attached hydrogen (secondary N) is 1. The first-order valence-corrected chi connectivity index (χ1v) is 7.74. The first-order valence-electron chi connectivity index (χ1n) is 6.86. The molecule has 0 amide bonds. The molecule has 0 bridgehead atoms. The van der Waals surface area contributed by atoms with Crippen LogP contribution >= 0.6 is 11.3 Å². The summed E-state index contributed by atoms with van der Waals surface area (Å²) in [5, 5.41) is 5.60. The first kappa shape index (κ1) is 12.5. The molecule has 2 aromatic rings. The molecule has 19 heavy (non-hydrogen) atoms. The van der Waals surface area contributed by atoms with Gasteiger partial charge in [-0.15, -0.1) is 11.3 Å². The molecule has 2 aromatic heterocycles. The molecule has 1 N–H and O–H groups in total. The molecule has 1 aliphatic rings. The summed E-state index contributed by atoms with van der Waals surface area (Å²) in [4.78, 5) is 8.32. The molecule has 3 nitrogen and oxygen atoms in total. The van der Waals surface area contributed by atoms with Gasteiger partial charge >= 0.3 is 0 Å². The number of fused-ring (bicyclic) bond motifs is 1. The van der Waals surface area contributed by atoms with Crippen LogP contribution in [0.25, 0.3) is 0 Å². The van der Waals surface area contributed by atoms with Crippen molar-refractivity contribution in [1.29, 1.82) is 0 Å². The molecule has 3 rings (SSSR count). The van der Waals surface area contributed by atoms with E-state index >= 15 is 0 Å². The number of thiophene rings is 1. The minimum atomic E-state index is 1.000. The van der Waals surface area contributed by atoms with E-state index in [4.69, 9.17) is 0 Å². The predicted octanol–water partition coefficient (Wildman–Crippen LogP) is 3.53. The third-order valence-electron chi connectivity index (χ3n) is 3.48. The summed E-state index contributed by atoms with van der Waals surface area (Å²) in [6.07, 6.45) is 6.15. The largest absolute Gasteiger partial charge is 0.384 e. The SMILES string of the molecule is CCCNc1cncc(N2CCc3sccc3C2)c1. The molecule has 0 atom stereocenters. The van der Waals surface area contributed by atoms with Gasteiger partial charge in [-0.1, -0.05) is 6.92 Å². The summed E-state index contributed by atoms with van der Waals surface area (Å²) in [5.41, 5.74) is 3.82. The molecule has 4 heteroatoms. The van der Waals surface area contributed by atoms with Crippen molar-refractivity contribution in [3.8, 4) is 0 Å². The Balaban J connectivity index is 1.76. The second-order valence-corrected chi connectivity index (χ2v) is 5.90. The molecule has 100 valence electrons. The monoisotopic (exact) mass is 273 g/mol. The zero-order valence-electron chi connectivity index (χ0n) is 11.2. The van der Waals surface area contributed by atoms with Gasteiger partial charge < -0.3 is 10.2 Å². The Morgan fingerprint density at radius 2 is 2.37 bits per heavy atom. The van der Waals surface area contributed by atoms with Gasteiger partial charge in [0.2, 0.25) is 0 Å². The third kappa shape index (κ3) is 2.73. The van der Waals surface area contributed by atoms with E-state index in [0.717, 1.165) is 38.2 Å². The lowest BCUT2D eigenvalue weighted by Gasteiger charge is -2.29. The molecular formula is C15H19N3S. The number of hydrogen-bond acceptors (Lipinski definition) is 4. The highest BCUT2D eigenvalue weighted by Gasteiger charge is 2.17. The van der Waals surface area contributed by atoms with Gasteiger partial charge in [-0.05, 0) is 35.9 Å². The van der Waals surface area contributed by atoms with Crippen LogP contribution in [-0.2, 0) is 13.0 Å². The lowest BCUT2D eigenvalue weighted by atomic mass is 10.1.